The van der Waals surface area contributed by atoms with Gasteiger partial charge in [-0.05, 0) is 28.9 Å². The van der Waals surface area contributed by atoms with Gasteiger partial charge in [0.25, 0.3) is 5.85 Å². The minimum atomic E-state index is -3.36. The zero-order valence-electron chi connectivity index (χ0n) is 6.60. The number of hydrogen-bond acceptors (Lipinski definition) is 2. The van der Waals surface area contributed by atoms with Gasteiger partial charge in [0.05, 0.1) is 6.61 Å². The van der Waals surface area contributed by atoms with Crippen LogP contribution < -0.4 is 0 Å². The molecule has 0 atom stereocenters. The minimum absolute atomic E-state index is 0.137. The van der Waals surface area contributed by atoms with Gasteiger partial charge in [-0.1, -0.05) is 24.9 Å². The summed E-state index contributed by atoms with van der Waals surface area (Å²) < 4.78 is 15.6. The fourth-order valence-electron chi connectivity index (χ4n) is 0.417. The zero-order valence-corrected chi connectivity index (χ0v) is 9.76. The fourth-order valence-corrected chi connectivity index (χ4v) is 0.916. The minimum Gasteiger partial charge on any atom is -0.499 e. The van der Waals surface area contributed by atoms with Crippen molar-refractivity contribution in [2.75, 3.05) is 6.61 Å². The van der Waals surface area contributed by atoms with E-state index in [1.54, 1.807) is 0 Å². The normalized spacial score (nSPS) is 13.2. The standard InChI is InChI=1S/C6H10Cl3O2P/c1-2-3-4-11-5-6(7)12(8,9)10/h5H,2-4H2,1H3. The molecule has 0 radical (unpaired) electrons. The van der Waals surface area contributed by atoms with Gasteiger partial charge in [-0.15, -0.1) is 0 Å². The van der Waals surface area contributed by atoms with Crippen LogP contribution in [0.15, 0.2) is 11.0 Å². The van der Waals surface area contributed by atoms with E-state index in [2.05, 4.69) is 0 Å². The molecule has 12 heavy (non-hydrogen) atoms. The quantitative estimate of drug-likeness (QED) is 0.408. The number of rotatable bonds is 5. The molecule has 0 N–H and O–H groups in total. The first kappa shape index (κ1) is 12.6. The third kappa shape index (κ3) is 6.19. The molecule has 0 amide bonds. The van der Waals surface area contributed by atoms with Crippen LogP contribution in [0.4, 0.5) is 0 Å². The largest absolute Gasteiger partial charge is 0.499 e. The summed E-state index contributed by atoms with van der Waals surface area (Å²) in [7, 11) is 0. The average Bonchev–Trinajstić information content (AvgIpc) is 1.96. The Hall–Kier alpha value is 0.640. The molecule has 0 rings (SSSR count). The second-order valence-corrected chi connectivity index (χ2v) is 7.58. The van der Waals surface area contributed by atoms with Crippen LogP contribution in [0.5, 0.6) is 0 Å². The van der Waals surface area contributed by atoms with Gasteiger partial charge in [0, 0.05) is 0 Å². The molecule has 0 aromatic carbocycles. The predicted octanol–water partition coefficient (Wildman–Crippen LogP) is 4.51. The first-order chi connectivity index (χ1) is 5.48. The molecule has 0 saturated heterocycles. The molecule has 0 spiro atoms. The Balaban J connectivity index is 3.78. The van der Waals surface area contributed by atoms with Gasteiger partial charge in [0.2, 0.25) is 0 Å². The molecule has 0 aliphatic heterocycles. The molecule has 0 fully saturated rings. The highest BCUT2D eigenvalue weighted by atomic mass is 35.9. The van der Waals surface area contributed by atoms with Crippen LogP contribution in [-0.2, 0) is 9.30 Å². The van der Waals surface area contributed by atoms with Crippen molar-refractivity contribution in [3.63, 3.8) is 0 Å². The molecule has 0 unspecified atom stereocenters. The lowest BCUT2D eigenvalue weighted by Crippen LogP contribution is -1.85. The molecule has 6 heteroatoms. The molecule has 0 aromatic rings. The molecule has 2 nitrogen and oxygen atoms in total. The molecule has 0 aliphatic rings. The Morgan fingerprint density at radius 1 is 1.58 bits per heavy atom. The van der Waals surface area contributed by atoms with Gasteiger partial charge in [-0.3, -0.25) is 4.57 Å². The van der Waals surface area contributed by atoms with Crippen molar-refractivity contribution < 1.29 is 9.30 Å². The zero-order chi connectivity index (χ0) is 9.61. The summed E-state index contributed by atoms with van der Waals surface area (Å²) in [5, 5.41) is 0. The Morgan fingerprint density at radius 2 is 2.17 bits per heavy atom. The van der Waals surface area contributed by atoms with Gasteiger partial charge >= 0.3 is 0 Å². The number of halogens is 3. The maximum Gasteiger partial charge on any atom is 0.296 e. The topological polar surface area (TPSA) is 26.3 Å². The second-order valence-electron chi connectivity index (χ2n) is 2.13. The number of ether oxygens (including phenoxy) is 1. The van der Waals surface area contributed by atoms with Crippen molar-refractivity contribution in [3.05, 3.63) is 11.0 Å². The van der Waals surface area contributed by atoms with Crippen molar-refractivity contribution in [1.82, 2.24) is 0 Å². The summed E-state index contributed by atoms with van der Waals surface area (Å²) >= 11 is 15.9. The van der Waals surface area contributed by atoms with E-state index in [4.69, 9.17) is 38.8 Å². The summed E-state index contributed by atoms with van der Waals surface area (Å²) in [6.07, 6.45) is 3.07. The first-order valence-corrected chi connectivity index (χ1v) is 7.35. The predicted molar refractivity (Wildman–Crippen MR) is 54.1 cm³/mol. The molecular formula is C6H10Cl3O2P. The van der Waals surface area contributed by atoms with E-state index in [1.807, 2.05) is 6.92 Å². The second kappa shape index (κ2) is 6.15. The van der Waals surface area contributed by atoms with Crippen LogP contribution in [0, 0.1) is 0 Å². The lowest BCUT2D eigenvalue weighted by molar-refractivity contribution is 0.243. The number of hydrogen-bond donors (Lipinski definition) is 0. The lowest BCUT2D eigenvalue weighted by Gasteiger charge is -2.01. The summed E-state index contributed by atoms with van der Waals surface area (Å²) in [5.41, 5.74) is 0. The Labute approximate surface area is 86.8 Å². The van der Waals surface area contributed by atoms with Crippen LogP contribution in [0.3, 0.4) is 0 Å². The lowest BCUT2D eigenvalue weighted by atomic mass is 10.4. The van der Waals surface area contributed by atoms with E-state index in [0.29, 0.717) is 6.61 Å². The molecule has 0 heterocycles. The van der Waals surface area contributed by atoms with Crippen LogP contribution in [-0.4, -0.2) is 6.61 Å². The van der Waals surface area contributed by atoms with Gasteiger partial charge in [0.15, 0.2) is 0 Å². The molecule has 72 valence electrons. The smallest absolute Gasteiger partial charge is 0.296 e. The summed E-state index contributed by atoms with van der Waals surface area (Å²) in [6, 6.07) is 0. The maximum absolute atomic E-state index is 10.8. The fraction of sp³-hybridized carbons (Fsp3) is 0.667. The van der Waals surface area contributed by atoms with Crippen molar-refractivity contribution in [2.45, 2.75) is 19.8 Å². The van der Waals surface area contributed by atoms with Crippen LogP contribution in [0.1, 0.15) is 19.8 Å². The Morgan fingerprint density at radius 3 is 2.58 bits per heavy atom. The van der Waals surface area contributed by atoms with Gasteiger partial charge < -0.3 is 4.74 Å². The first-order valence-electron chi connectivity index (χ1n) is 3.45. The number of unbranched alkanes of at least 4 members (excludes halogenated alkanes) is 1. The highest BCUT2D eigenvalue weighted by molar-refractivity contribution is 8.12. The van der Waals surface area contributed by atoms with Crippen LogP contribution in [0.2, 0.25) is 0 Å². The molecule has 0 aliphatic carbocycles. The third-order valence-electron chi connectivity index (χ3n) is 1.05. The average molecular weight is 251 g/mol. The molecule has 0 saturated carbocycles. The van der Waals surface area contributed by atoms with E-state index in [9.17, 15) is 4.57 Å². The van der Waals surface area contributed by atoms with Crippen molar-refractivity contribution in [3.8, 4) is 0 Å². The molecular weight excluding hydrogens is 241 g/mol. The van der Waals surface area contributed by atoms with Gasteiger partial charge in [-0.2, -0.15) is 0 Å². The highest BCUT2D eigenvalue weighted by Crippen LogP contribution is 2.65. The molecule has 0 aromatic heterocycles. The maximum atomic E-state index is 10.8. The van der Waals surface area contributed by atoms with E-state index < -0.39 is 5.85 Å². The van der Waals surface area contributed by atoms with Crippen LogP contribution in [0.25, 0.3) is 0 Å². The van der Waals surface area contributed by atoms with E-state index in [1.165, 1.54) is 0 Å². The SMILES string of the molecule is CCCCOC=C(Cl)P(=O)(Cl)Cl. The third-order valence-corrected chi connectivity index (χ3v) is 4.06. The van der Waals surface area contributed by atoms with E-state index >= 15 is 0 Å². The highest BCUT2D eigenvalue weighted by Gasteiger charge is 2.19. The Kier molecular flexibility index (Phi) is 6.48. The monoisotopic (exact) mass is 250 g/mol. The summed E-state index contributed by atoms with van der Waals surface area (Å²) in [5.74, 6) is -3.36. The van der Waals surface area contributed by atoms with Crippen molar-refractivity contribution in [2.24, 2.45) is 0 Å². The van der Waals surface area contributed by atoms with Gasteiger partial charge in [-0.25, -0.2) is 0 Å². The Bertz CT molecular complexity index is 199. The molecule has 0 bridgehead atoms. The van der Waals surface area contributed by atoms with Crippen molar-refractivity contribution in [1.29, 1.82) is 0 Å². The van der Waals surface area contributed by atoms with Gasteiger partial charge in [0.1, 0.15) is 11.0 Å². The van der Waals surface area contributed by atoms with E-state index in [0.717, 1.165) is 19.1 Å². The van der Waals surface area contributed by atoms with Crippen molar-refractivity contribution >= 4 is 39.9 Å². The summed E-state index contributed by atoms with van der Waals surface area (Å²) in [4.78, 5) is 0. The summed E-state index contributed by atoms with van der Waals surface area (Å²) in [6.45, 7) is 2.56. The van der Waals surface area contributed by atoms with Crippen LogP contribution >= 0.6 is 39.9 Å². The van der Waals surface area contributed by atoms with E-state index in [-0.39, 0.29) is 4.77 Å².